The van der Waals surface area contributed by atoms with Crippen LogP contribution in [0.15, 0.2) is 54.0 Å². The number of rotatable bonds is 5. The average Bonchev–Trinajstić information content (AvgIpc) is 3.03. The largest absolute Gasteiger partial charge is 0.507 e. The van der Waals surface area contributed by atoms with Crippen LogP contribution in [0.5, 0.6) is 5.75 Å². The van der Waals surface area contributed by atoms with Crippen molar-refractivity contribution in [3.63, 3.8) is 0 Å². The number of likely N-dealkylation sites (N-methyl/N-ethyl adjacent to an activating group) is 1. The van der Waals surface area contributed by atoms with Gasteiger partial charge in [0.1, 0.15) is 23.3 Å². The van der Waals surface area contributed by atoms with Gasteiger partial charge < -0.3 is 24.7 Å². The number of fused-ring (bicyclic) bond motifs is 5. The summed E-state index contributed by atoms with van der Waals surface area (Å²) in [6.07, 6.45) is 2.78. The zero-order valence-corrected chi connectivity index (χ0v) is 28.1. The van der Waals surface area contributed by atoms with Gasteiger partial charge in [0.15, 0.2) is 5.82 Å². The van der Waals surface area contributed by atoms with E-state index in [1.807, 2.05) is 20.8 Å². The van der Waals surface area contributed by atoms with Crippen molar-refractivity contribution in [2.75, 3.05) is 48.9 Å². The molecule has 4 aromatic rings. The highest BCUT2D eigenvalue weighted by atomic mass is 35.5. The van der Waals surface area contributed by atoms with Crippen LogP contribution < -0.4 is 20.3 Å². The van der Waals surface area contributed by atoms with Crippen molar-refractivity contribution in [2.45, 2.75) is 38.8 Å². The lowest BCUT2D eigenvalue weighted by atomic mass is 9.95. The van der Waals surface area contributed by atoms with Gasteiger partial charge in [0.25, 0.3) is 11.5 Å². The van der Waals surface area contributed by atoms with Crippen molar-refractivity contribution in [2.24, 2.45) is 0 Å². The maximum absolute atomic E-state index is 17.5. The van der Waals surface area contributed by atoms with Crippen molar-refractivity contribution in [3.8, 4) is 22.6 Å². The molecule has 1 saturated heterocycles. The predicted octanol–water partition coefficient (Wildman–Crippen LogP) is 5.45. The first-order chi connectivity index (χ1) is 22.7. The number of aromatic hydroxyl groups is 1. The van der Waals surface area contributed by atoms with E-state index in [4.69, 9.17) is 11.6 Å². The number of pyridine rings is 2. The Morgan fingerprint density at radius 1 is 1.12 bits per heavy atom. The first-order valence-corrected chi connectivity index (χ1v) is 15.8. The van der Waals surface area contributed by atoms with Crippen LogP contribution in [-0.2, 0) is 9.59 Å². The van der Waals surface area contributed by atoms with Crippen LogP contribution >= 0.6 is 11.6 Å². The Labute approximate surface area is 281 Å². The summed E-state index contributed by atoms with van der Waals surface area (Å²) in [7, 11) is 5.02. The molecule has 2 aromatic heterocycles. The second-order valence-electron chi connectivity index (χ2n) is 12.6. The van der Waals surface area contributed by atoms with Gasteiger partial charge in [-0.1, -0.05) is 38.1 Å². The van der Waals surface area contributed by atoms with Gasteiger partial charge in [-0.2, -0.15) is 0 Å². The maximum Gasteiger partial charge on any atom is 0.281 e. The summed E-state index contributed by atoms with van der Waals surface area (Å²) in [5.74, 6) is -3.51. The van der Waals surface area contributed by atoms with E-state index in [0.717, 1.165) is 6.07 Å². The van der Waals surface area contributed by atoms with E-state index in [2.05, 4.69) is 11.6 Å². The molecule has 6 rings (SSSR count). The summed E-state index contributed by atoms with van der Waals surface area (Å²) in [4.78, 5) is 52.6. The molecule has 13 heteroatoms. The lowest BCUT2D eigenvalue weighted by Crippen LogP contribution is -2.66. The molecule has 0 aliphatic carbocycles. The third-order valence-electron chi connectivity index (χ3n) is 9.16. The molecule has 4 heterocycles. The van der Waals surface area contributed by atoms with Crippen molar-refractivity contribution in [1.82, 2.24) is 14.5 Å². The fourth-order valence-corrected chi connectivity index (χ4v) is 7.19. The van der Waals surface area contributed by atoms with Gasteiger partial charge in [-0.3, -0.25) is 23.9 Å². The molecule has 10 nitrogen and oxygen atoms in total. The highest BCUT2D eigenvalue weighted by Crippen LogP contribution is 2.48. The summed E-state index contributed by atoms with van der Waals surface area (Å²) in [5.41, 5.74) is -0.320. The molecule has 48 heavy (non-hydrogen) atoms. The highest BCUT2D eigenvalue weighted by Gasteiger charge is 2.46. The molecule has 2 aliphatic heterocycles. The number of aromatic nitrogens is 2. The van der Waals surface area contributed by atoms with Gasteiger partial charge in [-0.25, -0.2) is 8.78 Å². The molecule has 0 bridgehead atoms. The second kappa shape index (κ2) is 11.9. The predicted molar refractivity (Wildman–Crippen MR) is 184 cm³/mol. The second-order valence-corrected chi connectivity index (χ2v) is 13.0. The molecule has 1 N–H and O–H groups in total. The van der Waals surface area contributed by atoms with Crippen molar-refractivity contribution in [1.29, 1.82) is 0 Å². The SMILES string of the molecule is C=CC(=O)N1CC2C(=O)N(C)c3c(c4cc(Cl)c(-c5c(O)cccc5F)c(F)c4n(-c4c(N(C)C)ccnc4C(C)C)c3=O)N2CC1C. The Morgan fingerprint density at radius 2 is 1.83 bits per heavy atom. The lowest BCUT2D eigenvalue weighted by molar-refractivity contribution is -0.130. The van der Waals surface area contributed by atoms with Gasteiger partial charge in [-0.15, -0.1) is 0 Å². The number of hydrogen-bond acceptors (Lipinski definition) is 7. The average molecular weight is 677 g/mol. The monoisotopic (exact) mass is 676 g/mol. The number of anilines is 3. The number of carbonyl (C=O) groups excluding carboxylic acids is 2. The number of hydrogen-bond donors (Lipinski definition) is 1. The fraction of sp³-hybridized carbons (Fsp3) is 0.314. The standard InChI is InChI=1S/C35H35ClF2N6O4/c1-8-25(46)42-16-23-34(47)41(7)33-31(43(23)15-18(42)4)19-14-20(36)26(27-21(37)10-9-11-24(27)45)28(38)30(19)44(35(33)48)32-22(40(5)6)12-13-39-29(32)17(2)3/h8-14,17-18,23,45H,1,15-16H2,2-7H3. The van der Waals surface area contributed by atoms with E-state index in [9.17, 15) is 14.7 Å². The molecule has 2 unspecified atom stereocenters. The summed E-state index contributed by atoms with van der Waals surface area (Å²) in [5, 5.41) is 10.7. The minimum absolute atomic E-state index is 0.00148. The number of carbonyl (C=O) groups is 2. The Hall–Kier alpha value is -4.97. The summed E-state index contributed by atoms with van der Waals surface area (Å²) in [6, 6.07) is 5.40. The number of phenols is 1. The fourth-order valence-electron chi connectivity index (χ4n) is 6.90. The van der Waals surface area contributed by atoms with Crippen LogP contribution in [0.4, 0.5) is 25.8 Å². The van der Waals surface area contributed by atoms with Gasteiger partial charge >= 0.3 is 0 Å². The molecule has 0 radical (unpaired) electrons. The number of nitrogens with zero attached hydrogens (tertiary/aromatic N) is 6. The van der Waals surface area contributed by atoms with E-state index in [0.29, 0.717) is 11.4 Å². The van der Waals surface area contributed by atoms with Crippen LogP contribution in [0.2, 0.25) is 5.02 Å². The van der Waals surface area contributed by atoms with E-state index in [-0.39, 0.29) is 57.9 Å². The van der Waals surface area contributed by atoms with E-state index in [1.165, 1.54) is 45.7 Å². The molecular formula is C35H35ClF2N6O4. The molecule has 2 aliphatic rings. The molecule has 0 spiro atoms. The first kappa shape index (κ1) is 33.0. The molecule has 250 valence electrons. The minimum atomic E-state index is -1.05. The summed E-state index contributed by atoms with van der Waals surface area (Å²) in [6.45, 7) is 9.31. The van der Waals surface area contributed by atoms with E-state index >= 15 is 13.6 Å². The van der Waals surface area contributed by atoms with Crippen molar-refractivity contribution in [3.05, 3.63) is 81.9 Å². The van der Waals surface area contributed by atoms with Crippen molar-refractivity contribution >= 4 is 51.4 Å². The molecule has 2 amide bonds. The number of halogens is 3. The topological polar surface area (TPSA) is 102 Å². The quantitative estimate of drug-likeness (QED) is 0.281. The number of phenolic OH excluding ortho intramolecular Hbond substituents is 1. The first-order valence-electron chi connectivity index (χ1n) is 15.4. The Bertz CT molecular complexity index is 2050. The Morgan fingerprint density at radius 3 is 2.46 bits per heavy atom. The van der Waals surface area contributed by atoms with Crippen LogP contribution in [0, 0.1) is 11.6 Å². The molecule has 1 fully saturated rings. The molecule has 0 saturated carbocycles. The van der Waals surface area contributed by atoms with Gasteiger partial charge in [0.05, 0.1) is 45.4 Å². The van der Waals surface area contributed by atoms with Gasteiger partial charge in [0, 0.05) is 50.9 Å². The maximum atomic E-state index is 17.5. The smallest absolute Gasteiger partial charge is 0.281 e. The van der Waals surface area contributed by atoms with Gasteiger partial charge in [0.2, 0.25) is 5.91 Å². The number of amides is 2. The highest BCUT2D eigenvalue weighted by molar-refractivity contribution is 6.35. The third kappa shape index (κ3) is 4.80. The normalized spacial score (nSPS) is 17.5. The molecule has 2 atom stereocenters. The summed E-state index contributed by atoms with van der Waals surface area (Å²) >= 11 is 6.79. The number of benzene rings is 2. The van der Waals surface area contributed by atoms with E-state index in [1.54, 1.807) is 36.2 Å². The zero-order chi connectivity index (χ0) is 34.9. The van der Waals surface area contributed by atoms with Crippen LogP contribution in [0.3, 0.4) is 0 Å². The number of piperazine rings is 1. The molecule has 2 aromatic carbocycles. The molecular weight excluding hydrogens is 642 g/mol. The Kier molecular flexibility index (Phi) is 8.19. The van der Waals surface area contributed by atoms with Crippen LogP contribution in [0.1, 0.15) is 32.4 Å². The lowest BCUT2D eigenvalue weighted by Gasteiger charge is -2.50. The van der Waals surface area contributed by atoms with Crippen LogP contribution in [0.25, 0.3) is 27.7 Å². The van der Waals surface area contributed by atoms with Crippen molar-refractivity contribution < 1.29 is 23.5 Å². The summed E-state index contributed by atoms with van der Waals surface area (Å²) < 4.78 is 34.0. The van der Waals surface area contributed by atoms with Gasteiger partial charge in [-0.05, 0) is 43.2 Å². The third-order valence-corrected chi connectivity index (χ3v) is 9.46. The minimum Gasteiger partial charge on any atom is -0.507 e. The Balaban J connectivity index is 1.82. The van der Waals surface area contributed by atoms with E-state index < -0.39 is 52.1 Å². The van der Waals surface area contributed by atoms with Crippen LogP contribution in [-0.4, -0.2) is 77.7 Å². The zero-order valence-electron chi connectivity index (χ0n) is 27.4.